The van der Waals surface area contributed by atoms with E-state index in [1.54, 1.807) is 42.5 Å². The highest BCUT2D eigenvalue weighted by atomic mass is 35.5. The van der Waals surface area contributed by atoms with Gasteiger partial charge in [0.15, 0.2) is 0 Å². The standard InChI is InChI=1S/C19H21ClN2O4S/c1-27(25,26)22-9-3-5-13-10-15(7-8-17(13)22)19(24)21-12-18(23)14-4-2-6-16(20)11-14/h2,4,6-8,10-11,18,23H,3,5,9,12H2,1H3,(H,21,24)/t18-/m0/s1. The van der Waals surface area contributed by atoms with Crippen molar-refractivity contribution < 1.29 is 18.3 Å². The second-order valence-corrected chi connectivity index (χ2v) is 8.91. The maximum absolute atomic E-state index is 12.4. The molecule has 3 rings (SSSR count). The van der Waals surface area contributed by atoms with Crippen LogP contribution in [-0.2, 0) is 16.4 Å². The summed E-state index contributed by atoms with van der Waals surface area (Å²) in [7, 11) is -3.34. The van der Waals surface area contributed by atoms with Gasteiger partial charge in [0.05, 0.1) is 18.0 Å². The van der Waals surface area contributed by atoms with Gasteiger partial charge in [-0.25, -0.2) is 8.42 Å². The fraction of sp³-hybridized carbons (Fsp3) is 0.316. The number of rotatable bonds is 5. The summed E-state index contributed by atoms with van der Waals surface area (Å²) in [5, 5.41) is 13.4. The molecule has 0 bridgehead atoms. The Morgan fingerprint density at radius 3 is 2.78 bits per heavy atom. The highest BCUT2D eigenvalue weighted by Gasteiger charge is 2.24. The molecule has 0 spiro atoms. The molecule has 0 aromatic heterocycles. The number of aliphatic hydroxyl groups excluding tert-OH is 1. The Morgan fingerprint density at radius 2 is 2.07 bits per heavy atom. The molecule has 8 heteroatoms. The van der Waals surface area contributed by atoms with Gasteiger partial charge in [0.1, 0.15) is 0 Å². The van der Waals surface area contributed by atoms with E-state index in [0.717, 1.165) is 5.56 Å². The maximum Gasteiger partial charge on any atom is 0.251 e. The first-order chi connectivity index (χ1) is 12.8. The molecule has 144 valence electrons. The number of benzene rings is 2. The summed E-state index contributed by atoms with van der Waals surface area (Å²) in [6, 6.07) is 11.8. The van der Waals surface area contributed by atoms with Crippen molar-refractivity contribution in [1.29, 1.82) is 0 Å². The maximum atomic E-state index is 12.4. The van der Waals surface area contributed by atoms with Crippen LogP contribution in [-0.4, -0.2) is 38.8 Å². The van der Waals surface area contributed by atoms with Crippen molar-refractivity contribution in [2.24, 2.45) is 0 Å². The molecule has 0 fully saturated rings. The summed E-state index contributed by atoms with van der Waals surface area (Å²) in [6.45, 7) is 0.495. The number of nitrogens with zero attached hydrogens (tertiary/aromatic N) is 1. The molecule has 1 amide bonds. The number of nitrogens with one attached hydrogen (secondary N) is 1. The number of hydrogen-bond acceptors (Lipinski definition) is 4. The molecular formula is C19H21ClN2O4S. The van der Waals surface area contributed by atoms with Crippen molar-refractivity contribution in [3.05, 3.63) is 64.2 Å². The third kappa shape index (κ3) is 4.61. The lowest BCUT2D eigenvalue weighted by Gasteiger charge is -2.29. The summed E-state index contributed by atoms with van der Waals surface area (Å²) in [5.41, 5.74) is 2.51. The molecule has 2 N–H and O–H groups in total. The van der Waals surface area contributed by atoms with Gasteiger partial charge in [-0.05, 0) is 54.3 Å². The Labute approximate surface area is 163 Å². The first kappa shape index (κ1) is 19.7. The number of sulfonamides is 1. The zero-order valence-corrected chi connectivity index (χ0v) is 16.4. The average Bonchev–Trinajstić information content (AvgIpc) is 2.64. The second kappa shape index (κ2) is 7.88. The third-order valence-electron chi connectivity index (χ3n) is 4.51. The number of halogens is 1. The molecule has 1 atom stereocenters. The van der Waals surface area contributed by atoms with E-state index in [9.17, 15) is 18.3 Å². The van der Waals surface area contributed by atoms with E-state index in [-0.39, 0.29) is 12.5 Å². The molecule has 0 aliphatic carbocycles. The first-order valence-electron chi connectivity index (χ1n) is 8.58. The minimum absolute atomic E-state index is 0.0473. The predicted octanol–water partition coefficient (Wildman–Crippen LogP) is 2.52. The van der Waals surface area contributed by atoms with Crippen LogP contribution in [0.15, 0.2) is 42.5 Å². The summed E-state index contributed by atoms with van der Waals surface area (Å²) in [6.07, 6.45) is 1.73. The second-order valence-electron chi connectivity index (χ2n) is 6.56. The van der Waals surface area contributed by atoms with Crippen LogP contribution in [0.2, 0.25) is 5.02 Å². The van der Waals surface area contributed by atoms with Gasteiger partial charge < -0.3 is 10.4 Å². The van der Waals surface area contributed by atoms with Gasteiger partial charge in [-0.15, -0.1) is 0 Å². The average molecular weight is 409 g/mol. The van der Waals surface area contributed by atoms with Crippen LogP contribution in [0.1, 0.15) is 34.0 Å². The van der Waals surface area contributed by atoms with Crippen LogP contribution < -0.4 is 9.62 Å². The van der Waals surface area contributed by atoms with Crippen LogP contribution >= 0.6 is 11.6 Å². The van der Waals surface area contributed by atoms with E-state index in [0.29, 0.717) is 41.2 Å². The van der Waals surface area contributed by atoms with Crippen molar-refractivity contribution in [2.45, 2.75) is 18.9 Å². The topological polar surface area (TPSA) is 86.7 Å². The largest absolute Gasteiger partial charge is 0.387 e. The van der Waals surface area contributed by atoms with Crippen LogP contribution in [0.25, 0.3) is 0 Å². The van der Waals surface area contributed by atoms with Gasteiger partial charge in [-0.2, -0.15) is 0 Å². The summed E-state index contributed by atoms with van der Waals surface area (Å²) < 4.78 is 25.2. The van der Waals surface area contributed by atoms with E-state index < -0.39 is 16.1 Å². The Kier molecular flexibility index (Phi) is 5.74. The molecule has 2 aromatic rings. The monoisotopic (exact) mass is 408 g/mol. The molecule has 6 nitrogen and oxygen atoms in total. The van der Waals surface area contributed by atoms with Crippen LogP contribution in [0, 0.1) is 0 Å². The zero-order valence-electron chi connectivity index (χ0n) is 14.9. The number of aliphatic hydroxyl groups is 1. The summed E-state index contributed by atoms with van der Waals surface area (Å²) in [4.78, 5) is 12.4. The molecule has 27 heavy (non-hydrogen) atoms. The van der Waals surface area contributed by atoms with E-state index in [4.69, 9.17) is 11.6 Å². The first-order valence-corrected chi connectivity index (χ1v) is 10.8. The van der Waals surface area contributed by atoms with Gasteiger partial charge in [0, 0.05) is 23.7 Å². The Balaban J connectivity index is 1.71. The normalized spacial score (nSPS) is 15.1. The Hall–Kier alpha value is -2.09. The third-order valence-corrected chi connectivity index (χ3v) is 5.92. The van der Waals surface area contributed by atoms with E-state index >= 15 is 0 Å². The van der Waals surface area contributed by atoms with Crippen LogP contribution in [0.5, 0.6) is 0 Å². The highest BCUT2D eigenvalue weighted by Crippen LogP contribution is 2.30. The van der Waals surface area contributed by atoms with E-state index in [1.165, 1.54) is 10.6 Å². The molecule has 1 aliphatic rings. The summed E-state index contributed by atoms with van der Waals surface area (Å²) in [5.74, 6) is -0.324. The quantitative estimate of drug-likeness (QED) is 0.795. The van der Waals surface area contributed by atoms with Crippen molar-refractivity contribution >= 4 is 33.2 Å². The number of hydrogen-bond donors (Lipinski definition) is 2. The van der Waals surface area contributed by atoms with E-state index in [2.05, 4.69) is 5.32 Å². The molecule has 1 heterocycles. The van der Waals surface area contributed by atoms with Crippen LogP contribution in [0.4, 0.5) is 5.69 Å². The van der Waals surface area contributed by atoms with Gasteiger partial charge in [-0.3, -0.25) is 9.10 Å². The number of aryl methyl sites for hydroxylation is 1. The SMILES string of the molecule is CS(=O)(=O)N1CCCc2cc(C(=O)NC[C@H](O)c3cccc(Cl)c3)ccc21. The number of carbonyl (C=O) groups is 1. The fourth-order valence-corrected chi connectivity index (χ4v) is 4.37. The molecule has 0 unspecified atom stereocenters. The lowest BCUT2D eigenvalue weighted by molar-refractivity contribution is 0.0916. The molecule has 0 saturated heterocycles. The molecule has 0 radical (unpaired) electrons. The minimum atomic E-state index is -3.34. The van der Waals surface area contributed by atoms with Crippen molar-refractivity contribution in [1.82, 2.24) is 5.32 Å². The molecule has 0 saturated carbocycles. The van der Waals surface area contributed by atoms with Gasteiger partial charge >= 0.3 is 0 Å². The number of carbonyl (C=O) groups excluding carboxylic acids is 1. The number of fused-ring (bicyclic) bond motifs is 1. The van der Waals surface area contributed by atoms with Gasteiger partial charge in [0.2, 0.25) is 10.0 Å². The number of amides is 1. The Bertz CT molecular complexity index is 962. The minimum Gasteiger partial charge on any atom is -0.387 e. The highest BCUT2D eigenvalue weighted by molar-refractivity contribution is 7.92. The lowest BCUT2D eigenvalue weighted by atomic mass is 10.0. The molecule has 2 aromatic carbocycles. The van der Waals surface area contributed by atoms with Crippen molar-refractivity contribution in [2.75, 3.05) is 23.7 Å². The smallest absolute Gasteiger partial charge is 0.251 e. The van der Waals surface area contributed by atoms with Crippen molar-refractivity contribution in [3.8, 4) is 0 Å². The Morgan fingerprint density at radius 1 is 1.30 bits per heavy atom. The van der Waals surface area contributed by atoms with Crippen molar-refractivity contribution in [3.63, 3.8) is 0 Å². The van der Waals surface area contributed by atoms with E-state index in [1.807, 2.05) is 0 Å². The van der Waals surface area contributed by atoms with Gasteiger partial charge in [0.25, 0.3) is 5.91 Å². The predicted molar refractivity (Wildman–Crippen MR) is 106 cm³/mol. The van der Waals surface area contributed by atoms with Gasteiger partial charge in [-0.1, -0.05) is 23.7 Å². The fourth-order valence-electron chi connectivity index (χ4n) is 3.17. The lowest BCUT2D eigenvalue weighted by Crippen LogP contribution is -2.35. The molecular weight excluding hydrogens is 388 g/mol. The molecule has 1 aliphatic heterocycles. The summed E-state index contributed by atoms with van der Waals surface area (Å²) >= 11 is 5.91. The van der Waals surface area contributed by atoms with Crippen LogP contribution in [0.3, 0.4) is 0 Å². The number of anilines is 1. The zero-order chi connectivity index (χ0) is 19.6.